The molecule has 6 nitrogen and oxygen atoms in total. The van der Waals surface area contributed by atoms with Gasteiger partial charge in [-0.3, -0.25) is 0 Å². The van der Waals surface area contributed by atoms with Gasteiger partial charge in [0.1, 0.15) is 12.5 Å². The number of carbonyl (C=O) groups excluding carboxylic acids is 1. The fraction of sp³-hybridized carbons (Fsp3) is 0.750. The van der Waals surface area contributed by atoms with E-state index in [0.29, 0.717) is 12.8 Å². The third-order valence-corrected chi connectivity index (χ3v) is 3.14. The average molecular weight is 260 g/mol. The van der Waals surface area contributed by atoms with Gasteiger partial charge in [0, 0.05) is 6.61 Å². The van der Waals surface area contributed by atoms with Crippen LogP contribution < -0.4 is 0 Å². The van der Waals surface area contributed by atoms with Crippen molar-refractivity contribution in [3.63, 3.8) is 0 Å². The molecular weight excluding hydrogens is 240 g/mol. The number of esters is 1. The molecule has 2 atom stereocenters. The molecule has 2 N–H and O–H groups in total. The number of aliphatic hydroxyl groups excluding tert-OH is 1. The maximum atomic E-state index is 11.8. The monoisotopic (exact) mass is 260 g/mol. The minimum Gasteiger partial charge on any atom is -0.467 e. The van der Waals surface area contributed by atoms with Crippen molar-refractivity contribution in [2.45, 2.75) is 38.1 Å². The third-order valence-electron chi connectivity index (χ3n) is 3.14. The van der Waals surface area contributed by atoms with Crippen LogP contribution >= 0.6 is 0 Å². The summed E-state index contributed by atoms with van der Waals surface area (Å²) in [7, 11) is 1.22. The third kappa shape index (κ3) is 3.36. The molecule has 0 spiro atoms. The molecule has 1 aliphatic heterocycles. The SMILES string of the molecule is COC(=O)[C@@](O)(CC1OC=CO1)[C@H](C)CCCO. The van der Waals surface area contributed by atoms with Crippen LogP contribution in [0.15, 0.2) is 12.5 Å². The van der Waals surface area contributed by atoms with E-state index >= 15 is 0 Å². The van der Waals surface area contributed by atoms with Crippen molar-refractivity contribution < 1.29 is 29.2 Å². The Bertz CT molecular complexity index is 295. The van der Waals surface area contributed by atoms with Crippen molar-refractivity contribution in [1.29, 1.82) is 0 Å². The first-order valence-corrected chi connectivity index (χ1v) is 5.92. The molecule has 1 aliphatic rings. The molecule has 0 aromatic heterocycles. The fourth-order valence-corrected chi connectivity index (χ4v) is 1.92. The van der Waals surface area contributed by atoms with E-state index in [0.717, 1.165) is 0 Å². The second-order valence-electron chi connectivity index (χ2n) is 4.36. The molecule has 0 amide bonds. The summed E-state index contributed by atoms with van der Waals surface area (Å²) >= 11 is 0. The van der Waals surface area contributed by atoms with Gasteiger partial charge in [0.05, 0.1) is 13.5 Å². The van der Waals surface area contributed by atoms with Crippen LogP contribution in [0.3, 0.4) is 0 Å². The topological polar surface area (TPSA) is 85.2 Å². The Balaban J connectivity index is 2.70. The molecule has 0 bridgehead atoms. The Kier molecular flexibility index (Phi) is 5.43. The minimum atomic E-state index is -1.68. The second-order valence-corrected chi connectivity index (χ2v) is 4.36. The van der Waals surface area contributed by atoms with Gasteiger partial charge in [0.15, 0.2) is 5.60 Å². The van der Waals surface area contributed by atoms with Crippen molar-refractivity contribution in [2.75, 3.05) is 13.7 Å². The molecule has 104 valence electrons. The van der Waals surface area contributed by atoms with Gasteiger partial charge < -0.3 is 24.4 Å². The average Bonchev–Trinajstić information content (AvgIpc) is 2.87. The summed E-state index contributed by atoms with van der Waals surface area (Å²) < 4.78 is 14.8. The summed E-state index contributed by atoms with van der Waals surface area (Å²) in [5.41, 5.74) is -1.68. The first-order chi connectivity index (χ1) is 8.54. The van der Waals surface area contributed by atoms with E-state index in [-0.39, 0.29) is 18.9 Å². The smallest absolute Gasteiger partial charge is 0.338 e. The lowest BCUT2D eigenvalue weighted by Crippen LogP contribution is -2.48. The number of hydrogen-bond acceptors (Lipinski definition) is 6. The van der Waals surface area contributed by atoms with Gasteiger partial charge in [-0.2, -0.15) is 0 Å². The van der Waals surface area contributed by atoms with E-state index in [1.54, 1.807) is 6.92 Å². The van der Waals surface area contributed by atoms with E-state index < -0.39 is 17.9 Å². The maximum absolute atomic E-state index is 11.8. The van der Waals surface area contributed by atoms with Gasteiger partial charge in [0.2, 0.25) is 6.29 Å². The molecule has 1 heterocycles. The zero-order valence-electron chi connectivity index (χ0n) is 10.7. The van der Waals surface area contributed by atoms with Crippen molar-refractivity contribution in [3.8, 4) is 0 Å². The van der Waals surface area contributed by atoms with E-state index in [1.165, 1.54) is 19.6 Å². The lowest BCUT2D eigenvalue weighted by atomic mass is 9.82. The first-order valence-electron chi connectivity index (χ1n) is 5.92. The van der Waals surface area contributed by atoms with Gasteiger partial charge in [0.25, 0.3) is 0 Å². The molecule has 0 saturated heterocycles. The molecule has 0 aromatic carbocycles. The molecule has 0 aliphatic carbocycles. The van der Waals surface area contributed by atoms with Crippen LogP contribution in [-0.2, 0) is 19.0 Å². The zero-order chi connectivity index (χ0) is 13.6. The van der Waals surface area contributed by atoms with Gasteiger partial charge >= 0.3 is 5.97 Å². The summed E-state index contributed by atoms with van der Waals surface area (Å²) in [5, 5.41) is 19.3. The van der Waals surface area contributed by atoms with Crippen molar-refractivity contribution in [1.82, 2.24) is 0 Å². The highest BCUT2D eigenvalue weighted by molar-refractivity contribution is 5.79. The first kappa shape index (κ1) is 14.8. The van der Waals surface area contributed by atoms with Crippen molar-refractivity contribution in [3.05, 3.63) is 12.5 Å². The molecule has 0 fully saturated rings. The van der Waals surface area contributed by atoms with Crippen molar-refractivity contribution >= 4 is 5.97 Å². The van der Waals surface area contributed by atoms with E-state index in [9.17, 15) is 9.90 Å². The Morgan fingerprint density at radius 3 is 2.61 bits per heavy atom. The summed E-state index contributed by atoms with van der Waals surface area (Å²) in [6.07, 6.45) is 3.03. The summed E-state index contributed by atoms with van der Waals surface area (Å²) in [4.78, 5) is 11.8. The van der Waals surface area contributed by atoms with Crippen LogP contribution in [0.25, 0.3) is 0 Å². The van der Waals surface area contributed by atoms with Gasteiger partial charge in [-0.1, -0.05) is 6.92 Å². The van der Waals surface area contributed by atoms with Gasteiger partial charge in [-0.25, -0.2) is 4.79 Å². The lowest BCUT2D eigenvalue weighted by molar-refractivity contribution is -0.180. The molecule has 6 heteroatoms. The Morgan fingerprint density at radius 2 is 2.11 bits per heavy atom. The van der Waals surface area contributed by atoms with Crippen LogP contribution in [-0.4, -0.2) is 41.8 Å². The van der Waals surface area contributed by atoms with Crippen LogP contribution in [0.1, 0.15) is 26.2 Å². The number of methoxy groups -OCH3 is 1. The Hall–Kier alpha value is -1.27. The van der Waals surface area contributed by atoms with Crippen LogP contribution in [0.5, 0.6) is 0 Å². The second kappa shape index (κ2) is 6.61. The van der Waals surface area contributed by atoms with E-state index in [1.807, 2.05) is 0 Å². The highest BCUT2D eigenvalue weighted by Gasteiger charge is 2.45. The number of ether oxygens (including phenoxy) is 3. The molecule has 0 aromatic rings. The fourth-order valence-electron chi connectivity index (χ4n) is 1.92. The largest absolute Gasteiger partial charge is 0.467 e. The normalized spacial score (nSPS) is 19.8. The van der Waals surface area contributed by atoms with Crippen LogP contribution in [0.4, 0.5) is 0 Å². The molecule has 1 rings (SSSR count). The highest BCUT2D eigenvalue weighted by Crippen LogP contribution is 2.30. The lowest BCUT2D eigenvalue weighted by Gasteiger charge is -2.32. The molecule has 18 heavy (non-hydrogen) atoms. The minimum absolute atomic E-state index is 0.0135. The Labute approximate surface area is 106 Å². The summed E-state index contributed by atoms with van der Waals surface area (Å²) in [6, 6.07) is 0. The Morgan fingerprint density at radius 1 is 1.50 bits per heavy atom. The van der Waals surface area contributed by atoms with Gasteiger partial charge in [-0.15, -0.1) is 0 Å². The van der Waals surface area contributed by atoms with Crippen LogP contribution in [0.2, 0.25) is 0 Å². The number of hydrogen-bond donors (Lipinski definition) is 2. The van der Waals surface area contributed by atoms with Gasteiger partial charge in [-0.05, 0) is 18.8 Å². The predicted molar refractivity (Wildman–Crippen MR) is 62.2 cm³/mol. The van der Waals surface area contributed by atoms with E-state index in [4.69, 9.17) is 14.6 Å². The molecule has 0 saturated carbocycles. The number of carbonyl (C=O) groups is 1. The standard InChI is InChI=1S/C12H20O6/c1-9(4-3-5-13)12(15,11(14)16-2)8-10-17-6-7-18-10/h6-7,9-10,13,15H,3-5,8H2,1-2H3/t9-,12-/m1/s1. The molecule has 0 radical (unpaired) electrons. The molecular formula is C12H20O6. The molecule has 0 unspecified atom stereocenters. The summed E-state index contributed by atoms with van der Waals surface area (Å²) in [6.45, 7) is 1.74. The predicted octanol–water partition coefficient (Wildman–Crippen LogP) is 0.533. The van der Waals surface area contributed by atoms with E-state index in [2.05, 4.69) is 4.74 Å². The quantitative estimate of drug-likeness (QED) is 0.650. The number of aliphatic hydroxyl groups is 2. The zero-order valence-corrected chi connectivity index (χ0v) is 10.7. The van der Waals surface area contributed by atoms with Crippen molar-refractivity contribution in [2.24, 2.45) is 5.92 Å². The maximum Gasteiger partial charge on any atom is 0.338 e. The highest BCUT2D eigenvalue weighted by atomic mass is 16.7. The van der Waals surface area contributed by atoms with Crippen LogP contribution in [0, 0.1) is 5.92 Å². The summed E-state index contributed by atoms with van der Waals surface area (Å²) in [5.74, 6) is -1.09. The number of rotatable bonds is 7.